The third kappa shape index (κ3) is 2.15. The van der Waals surface area contributed by atoms with Gasteiger partial charge in [0.15, 0.2) is 0 Å². The average molecular weight is 241 g/mol. The zero-order valence-corrected chi connectivity index (χ0v) is 11.2. The first-order chi connectivity index (χ1) is 7.70. The minimum absolute atomic E-state index is 0.000677. The van der Waals surface area contributed by atoms with Crippen molar-refractivity contribution in [2.75, 3.05) is 13.2 Å². The molecule has 0 radical (unpaired) electrons. The second kappa shape index (κ2) is 3.61. The predicted molar refractivity (Wildman–Crippen MR) is 64.7 cm³/mol. The summed E-state index contributed by atoms with van der Waals surface area (Å²) in [5, 5.41) is 9.27. The Morgan fingerprint density at radius 1 is 1.41 bits per heavy atom. The van der Waals surface area contributed by atoms with Crippen molar-refractivity contribution in [2.24, 2.45) is 5.41 Å². The third-order valence-corrected chi connectivity index (χ3v) is 3.88. The first-order valence-electron chi connectivity index (χ1n) is 6.31. The molecule has 98 valence electrons. The van der Waals surface area contributed by atoms with Crippen molar-refractivity contribution in [3.05, 3.63) is 0 Å². The van der Waals surface area contributed by atoms with Crippen LogP contribution in [0.3, 0.4) is 0 Å². The largest absolute Gasteiger partial charge is 0.444 e. The van der Waals surface area contributed by atoms with Gasteiger partial charge >= 0.3 is 6.09 Å². The van der Waals surface area contributed by atoms with Crippen LogP contribution in [0.25, 0.3) is 0 Å². The van der Waals surface area contributed by atoms with E-state index >= 15 is 0 Å². The van der Waals surface area contributed by atoms with Crippen LogP contribution in [-0.4, -0.2) is 40.4 Å². The fraction of sp³-hybridized carbons (Fsp3) is 0.923. The molecule has 17 heavy (non-hydrogen) atoms. The highest BCUT2D eigenvalue weighted by molar-refractivity contribution is 5.71. The highest BCUT2D eigenvalue weighted by atomic mass is 16.6. The van der Waals surface area contributed by atoms with Crippen LogP contribution in [0.15, 0.2) is 0 Å². The normalized spacial score (nSPS) is 36.4. The topological polar surface area (TPSA) is 49.8 Å². The molecule has 4 nitrogen and oxygen atoms in total. The van der Waals surface area contributed by atoms with E-state index in [0.717, 1.165) is 25.8 Å². The average Bonchev–Trinajstić information content (AvgIpc) is 2.07. The Labute approximate surface area is 103 Å². The lowest BCUT2D eigenvalue weighted by Gasteiger charge is -2.64. The van der Waals surface area contributed by atoms with Crippen LogP contribution in [0.2, 0.25) is 0 Å². The SMILES string of the molecule is CC1(CO)CC2(CCN2C(=O)OC(C)(C)C)C1. The van der Waals surface area contributed by atoms with Gasteiger partial charge in [0.1, 0.15) is 5.60 Å². The standard InChI is InChI=1S/C13H23NO3/c1-11(2,3)17-10(16)14-6-5-13(14)7-12(4,8-13)9-15/h15H,5-9H2,1-4H3. The zero-order valence-electron chi connectivity index (χ0n) is 11.2. The van der Waals surface area contributed by atoms with E-state index in [9.17, 15) is 9.90 Å². The summed E-state index contributed by atoms with van der Waals surface area (Å²) in [6.07, 6.45) is 2.64. The van der Waals surface area contributed by atoms with Gasteiger partial charge in [-0.05, 0) is 45.4 Å². The minimum Gasteiger partial charge on any atom is -0.444 e. The Kier molecular flexibility index (Phi) is 2.69. The van der Waals surface area contributed by atoms with Crippen LogP contribution in [0.1, 0.15) is 47.0 Å². The molecule has 2 fully saturated rings. The summed E-state index contributed by atoms with van der Waals surface area (Å²) in [6, 6.07) is 0. The Balaban J connectivity index is 1.95. The molecule has 0 bridgehead atoms. The first-order valence-corrected chi connectivity index (χ1v) is 6.31. The van der Waals surface area contributed by atoms with Crippen molar-refractivity contribution in [3.8, 4) is 0 Å². The van der Waals surface area contributed by atoms with Gasteiger partial charge in [0.2, 0.25) is 0 Å². The van der Waals surface area contributed by atoms with Crippen molar-refractivity contribution in [1.29, 1.82) is 0 Å². The summed E-state index contributed by atoms with van der Waals surface area (Å²) in [5.41, 5.74) is -0.446. The van der Waals surface area contributed by atoms with Crippen molar-refractivity contribution < 1.29 is 14.6 Å². The fourth-order valence-corrected chi connectivity index (χ4v) is 3.16. The van der Waals surface area contributed by atoms with E-state index in [1.54, 1.807) is 0 Å². The predicted octanol–water partition coefficient (Wildman–Crippen LogP) is 2.16. The second-order valence-corrected chi connectivity index (χ2v) is 6.93. The van der Waals surface area contributed by atoms with E-state index in [-0.39, 0.29) is 23.7 Å². The molecule has 1 N–H and O–H groups in total. The lowest BCUT2D eigenvalue weighted by molar-refractivity contribution is -0.148. The molecule has 1 heterocycles. The lowest BCUT2D eigenvalue weighted by atomic mass is 9.54. The molecule has 1 aliphatic carbocycles. The molecule has 0 atom stereocenters. The lowest BCUT2D eigenvalue weighted by Crippen LogP contribution is -2.71. The summed E-state index contributed by atoms with van der Waals surface area (Å²) in [7, 11) is 0. The summed E-state index contributed by atoms with van der Waals surface area (Å²) < 4.78 is 5.40. The quantitative estimate of drug-likeness (QED) is 0.765. The summed E-state index contributed by atoms with van der Waals surface area (Å²) >= 11 is 0. The maximum absolute atomic E-state index is 12.0. The van der Waals surface area contributed by atoms with Crippen LogP contribution in [0.4, 0.5) is 4.79 Å². The molecular weight excluding hydrogens is 218 g/mol. The molecule has 1 spiro atoms. The molecule has 0 aromatic heterocycles. The highest BCUT2D eigenvalue weighted by Gasteiger charge is 2.61. The number of amides is 1. The zero-order chi connectivity index (χ0) is 12.9. The number of hydrogen-bond acceptors (Lipinski definition) is 3. The number of aliphatic hydroxyl groups excluding tert-OH is 1. The van der Waals surface area contributed by atoms with Crippen LogP contribution < -0.4 is 0 Å². The van der Waals surface area contributed by atoms with E-state index in [0.29, 0.717) is 0 Å². The minimum atomic E-state index is -0.433. The van der Waals surface area contributed by atoms with E-state index in [1.165, 1.54) is 0 Å². The van der Waals surface area contributed by atoms with E-state index in [1.807, 2.05) is 25.7 Å². The highest BCUT2D eigenvalue weighted by Crippen LogP contribution is 2.57. The number of hydrogen-bond donors (Lipinski definition) is 1. The Bertz CT molecular complexity index is 326. The van der Waals surface area contributed by atoms with Gasteiger partial charge in [-0.1, -0.05) is 6.92 Å². The maximum atomic E-state index is 12.0. The number of carbonyl (C=O) groups is 1. The van der Waals surface area contributed by atoms with Gasteiger partial charge in [0.25, 0.3) is 0 Å². The van der Waals surface area contributed by atoms with Crippen molar-refractivity contribution >= 4 is 6.09 Å². The number of ether oxygens (including phenoxy) is 1. The molecule has 0 aromatic rings. The van der Waals surface area contributed by atoms with Crippen molar-refractivity contribution in [1.82, 2.24) is 4.90 Å². The summed E-state index contributed by atoms with van der Waals surface area (Å²) in [5.74, 6) is 0. The fourth-order valence-electron chi connectivity index (χ4n) is 3.16. The van der Waals surface area contributed by atoms with Crippen LogP contribution in [0.5, 0.6) is 0 Å². The van der Waals surface area contributed by atoms with Crippen LogP contribution in [-0.2, 0) is 4.74 Å². The van der Waals surface area contributed by atoms with Crippen molar-refractivity contribution in [2.45, 2.75) is 58.1 Å². The third-order valence-electron chi connectivity index (χ3n) is 3.88. The number of likely N-dealkylation sites (tertiary alicyclic amines) is 1. The number of carbonyl (C=O) groups excluding carboxylic acids is 1. The smallest absolute Gasteiger partial charge is 0.410 e. The van der Waals surface area contributed by atoms with Gasteiger partial charge in [0, 0.05) is 18.7 Å². The first kappa shape index (κ1) is 12.7. The van der Waals surface area contributed by atoms with Crippen LogP contribution in [0, 0.1) is 5.41 Å². The monoisotopic (exact) mass is 241 g/mol. The molecular formula is C13H23NO3. The molecule has 2 aliphatic rings. The van der Waals surface area contributed by atoms with E-state index in [4.69, 9.17) is 4.74 Å². The van der Waals surface area contributed by atoms with Crippen molar-refractivity contribution in [3.63, 3.8) is 0 Å². The molecule has 4 heteroatoms. The summed E-state index contributed by atoms with van der Waals surface area (Å²) in [6.45, 7) is 8.72. The van der Waals surface area contributed by atoms with Gasteiger partial charge in [-0.3, -0.25) is 0 Å². The Hall–Kier alpha value is -0.770. The molecule has 0 unspecified atom stereocenters. The molecule has 1 amide bonds. The molecule has 1 saturated carbocycles. The van der Waals surface area contributed by atoms with Gasteiger partial charge in [-0.25, -0.2) is 4.79 Å². The number of rotatable bonds is 1. The van der Waals surface area contributed by atoms with Gasteiger partial charge < -0.3 is 14.7 Å². The summed E-state index contributed by atoms with van der Waals surface area (Å²) in [4.78, 5) is 13.8. The van der Waals surface area contributed by atoms with Crippen LogP contribution >= 0.6 is 0 Å². The van der Waals surface area contributed by atoms with E-state index in [2.05, 4.69) is 6.92 Å². The number of nitrogens with zero attached hydrogens (tertiary/aromatic N) is 1. The molecule has 2 rings (SSSR count). The van der Waals surface area contributed by atoms with Gasteiger partial charge in [-0.15, -0.1) is 0 Å². The Morgan fingerprint density at radius 2 is 2.00 bits per heavy atom. The van der Waals surface area contributed by atoms with Gasteiger partial charge in [-0.2, -0.15) is 0 Å². The molecule has 0 aromatic carbocycles. The molecule has 1 saturated heterocycles. The Morgan fingerprint density at radius 3 is 2.35 bits per heavy atom. The molecule has 1 aliphatic heterocycles. The number of aliphatic hydroxyl groups is 1. The van der Waals surface area contributed by atoms with Gasteiger partial charge in [0.05, 0.1) is 0 Å². The second-order valence-electron chi connectivity index (χ2n) is 6.93. The maximum Gasteiger partial charge on any atom is 0.410 e. The van der Waals surface area contributed by atoms with E-state index < -0.39 is 5.60 Å².